The Morgan fingerprint density at radius 3 is 2.95 bits per heavy atom. The van der Waals surface area contributed by atoms with Gasteiger partial charge in [0.1, 0.15) is 5.75 Å². The zero-order valence-corrected chi connectivity index (χ0v) is 12.8. The lowest BCUT2D eigenvalue weighted by Crippen LogP contribution is -2.30. The third-order valence-corrected chi connectivity index (χ3v) is 5.04. The standard InChI is InChI=1S/C15H23NO2S/c1-4-14(16-10-11(2)19(3)17)12-5-6-15-13(9-12)7-8-18-15/h5-6,9,11,14,16H,4,7-8,10H2,1-3H3. The van der Waals surface area contributed by atoms with Crippen LogP contribution >= 0.6 is 0 Å². The first-order valence-electron chi connectivity index (χ1n) is 6.93. The third kappa shape index (κ3) is 3.57. The van der Waals surface area contributed by atoms with Crippen molar-refractivity contribution in [3.8, 4) is 5.75 Å². The fraction of sp³-hybridized carbons (Fsp3) is 0.600. The highest BCUT2D eigenvalue weighted by atomic mass is 32.2. The van der Waals surface area contributed by atoms with Crippen molar-refractivity contribution in [3.63, 3.8) is 0 Å². The Bertz CT molecular complexity index is 461. The molecule has 1 aromatic rings. The van der Waals surface area contributed by atoms with E-state index in [2.05, 4.69) is 30.4 Å². The molecule has 0 amide bonds. The van der Waals surface area contributed by atoms with E-state index in [4.69, 9.17) is 4.74 Å². The van der Waals surface area contributed by atoms with Gasteiger partial charge in [0, 0.05) is 41.3 Å². The molecule has 0 spiro atoms. The van der Waals surface area contributed by atoms with E-state index in [1.807, 2.05) is 6.92 Å². The van der Waals surface area contributed by atoms with Gasteiger partial charge in [0.15, 0.2) is 0 Å². The summed E-state index contributed by atoms with van der Waals surface area (Å²) in [5.41, 5.74) is 2.62. The van der Waals surface area contributed by atoms with Crippen LogP contribution in [0.15, 0.2) is 18.2 Å². The van der Waals surface area contributed by atoms with Crippen LogP contribution in [0.4, 0.5) is 0 Å². The van der Waals surface area contributed by atoms with Gasteiger partial charge in [-0.25, -0.2) is 0 Å². The molecule has 0 saturated carbocycles. The molecule has 19 heavy (non-hydrogen) atoms. The van der Waals surface area contributed by atoms with E-state index in [9.17, 15) is 4.21 Å². The van der Waals surface area contributed by atoms with Crippen molar-refractivity contribution in [2.24, 2.45) is 0 Å². The second kappa shape index (κ2) is 6.53. The normalized spacial score (nSPS) is 18.5. The molecule has 1 N–H and O–H groups in total. The summed E-state index contributed by atoms with van der Waals surface area (Å²) in [5, 5.41) is 3.71. The molecule has 2 rings (SSSR count). The van der Waals surface area contributed by atoms with Gasteiger partial charge in [-0.3, -0.25) is 4.21 Å². The van der Waals surface area contributed by atoms with Gasteiger partial charge >= 0.3 is 0 Å². The van der Waals surface area contributed by atoms with Crippen LogP contribution in [0.5, 0.6) is 5.75 Å². The van der Waals surface area contributed by atoms with Crippen LogP contribution in [-0.4, -0.2) is 28.9 Å². The van der Waals surface area contributed by atoms with Crippen molar-refractivity contribution in [1.29, 1.82) is 0 Å². The van der Waals surface area contributed by atoms with E-state index in [0.717, 1.165) is 31.7 Å². The lowest BCUT2D eigenvalue weighted by Gasteiger charge is -2.20. The summed E-state index contributed by atoms with van der Waals surface area (Å²) in [6.45, 7) is 5.78. The quantitative estimate of drug-likeness (QED) is 0.870. The van der Waals surface area contributed by atoms with E-state index in [1.54, 1.807) is 6.26 Å². The Morgan fingerprint density at radius 1 is 1.47 bits per heavy atom. The van der Waals surface area contributed by atoms with Crippen molar-refractivity contribution in [3.05, 3.63) is 29.3 Å². The lowest BCUT2D eigenvalue weighted by atomic mass is 10.0. The molecule has 1 aliphatic rings. The predicted octanol–water partition coefficient (Wildman–Crippen LogP) is 2.43. The van der Waals surface area contributed by atoms with Crippen LogP contribution in [0.25, 0.3) is 0 Å². The number of nitrogens with one attached hydrogen (secondary N) is 1. The first-order valence-corrected chi connectivity index (χ1v) is 8.55. The van der Waals surface area contributed by atoms with E-state index in [-0.39, 0.29) is 5.25 Å². The summed E-state index contributed by atoms with van der Waals surface area (Å²) < 4.78 is 16.9. The minimum atomic E-state index is -0.767. The first kappa shape index (κ1) is 14.5. The van der Waals surface area contributed by atoms with Crippen molar-refractivity contribution < 1.29 is 8.95 Å². The maximum absolute atomic E-state index is 11.4. The molecule has 0 saturated heterocycles. The molecule has 0 fully saturated rings. The molecular weight excluding hydrogens is 258 g/mol. The molecule has 0 aliphatic carbocycles. The van der Waals surface area contributed by atoms with Crippen LogP contribution in [0.1, 0.15) is 37.4 Å². The molecule has 3 unspecified atom stereocenters. The second-order valence-electron chi connectivity index (χ2n) is 5.14. The Labute approximate surface area is 118 Å². The molecule has 1 heterocycles. The molecule has 3 atom stereocenters. The van der Waals surface area contributed by atoms with Gasteiger partial charge in [-0.2, -0.15) is 0 Å². The van der Waals surface area contributed by atoms with Gasteiger partial charge in [0.2, 0.25) is 0 Å². The Kier molecular flexibility index (Phi) is 4.99. The SMILES string of the molecule is CCC(NCC(C)S(C)=O)c1ccc2c(c1)CCO2. The number of rotatable bonds is 6. The van der Waals surface area contributed by atoms with Gasteiger partial charge in [0.25, 0.3) is 0 Å². The topological polar surface area (TPSA) is 38.3 Å². The number of benzene rings is 1. The largest absolute Gasteiger partial charge is 0.493 e. The van der Waals surface area contributed by atoms with Crippen molar-refractivity contribution >= 4 is 10.8 Å². The Balaban J connectivity index is 2.03. The molecule has 0 bridgehead atoms. The smallest absolute Gasteiger partial charge is 0.122 e. The summed E-state index contributed by atoms with van der Waals surface area (Å²) in [4.78, 5) is 0. The van der Waals surface area contributed by atoms with Crippen molar-refractivity contribution in [1.82, 2.24) is 5.32 Å². The molecule has 1 aliphatic heterocycles. The van der Waals surface area contributed by atoms with Gasteiger partial charge in [0.05, 0.1) is 6.61 Å². The molecule has 106 valence electrons. The van der Waals surface area contributed by atoms with Crippen LogP contribution in [0.2, 0.25) is 0 Å². The highest BCUT2D eigenvalue weighted by Gasteiger charge is 2.16. The number of hydrogen-bond donors (Lipinski definition) is 1. The van der Waals surface area contributed by atoms with E-state index < -0.39 is 10.8 Å². The zero-order chi connectivity index (χ0) is 13.8. The third-order valence-electron chi connectivity index (χ3n) is 3.74. The predicted molar refractivity (Wildman–Crippen MR) is 80.2 cm³/mol. The molecule has 1 aromatic carbocycles. The van der Waals surface area contributed by atoms with Crippen LogP contribution in [0, 0.1) is 0 Å². The van der Waals surface area contributed by atoms with E-state index in [0.29, 0.717) is 6.04 Å². The maximum atomic E-state index is 11.4. The van der Waals surface area contributed by atoms with E-state index >= 15 is 0 Å². The summed E-state index contributed by atoms with van der Waals surface area (Å²) in [7, 11) is -0.767. The van der Waals surface area contributed by atoms with Crippen LogP contribution in [-0.2, 0) is 17.2 Å². The minimum absolute atomic E-state index is 0.187. The number of fused-ring (bicyclic) bond motifs is 1. The maximum Gasteiger partial charge on any atom is 0.122 e. The van der Waals surface area contributed by atoms with Crippen molar-refractivity contribution in [2.45, 2.75) is 38.0 Å². The monoisotopic (exact) mass is 281 g/mol. The summed E-state index contributed by atoms with van der Waals surface area (Å²) >= 11 is 0. The molecule has 0 radical (unpaired) electrons. The Morgan fingerprint density at radius 2 is 2.26 bits per heavy atom. The number of hydrogen-bond acceptors (Lipinski definition) is 3. The molecule has 4 heteroatoms. The fourth-order valence-corrected chi connectivity index (χ4v) is 2.68. The summed E-state index contributed by atoms with van der Waals surface area (Å²) in [5.74, 6) is 1.03. The molecule has 0 aromatic heterocycles. The second-order valence-corrected chi connectivity index (χ2v) is 6.95. The zero-order valence-electron chi connectivity index (χ0n) is 11.9. The highest BCUT2D eigenvalue weighted by Crippen LogP contribution is 2.29. The molecular formula is C15H23NO2S. The van der Waals surface area contributed by atoms with E-state index in [1.165, 1.54) is 11.1 Å². The van der Waals surface area contributed by atoms with Gasteiger partial charge < -0.3 is 10.1 Å². The number of ether oxygens (including phenoxy) is 1. The first-order chi connectivity index (χ1) is 9.11. The summed E-state index contributed by atoms with van der Waals surface area (Å²) in [6.07, 6.45) is 3.80. The average Bonchev–Trinajstić information content (AvgIpc) is 2.86. The van der Waals surface area contributed by atoms with Gasteiger partial charge in [-0.05, 0) is 30.5 Å². The lowest BCUT2D eigenvalue weighted by molar-refractivity contribution is 0.356. The van der Waals surface area contributed by atoms with Gasteiger partial charge in [-0.15, -0.1) is 0 Å². The summed E-state index contributed by atoms with van der Waals surface area (Å²) in [6, 6.07) is 6.79. The van der Waals surface area contributed by atoms with Crippen LogP contribution in [0.3, 0.4) is 0 Å². The average molecular weight is 281 g/mol. The minimum Gasteiger partial charge on any atom is -0.493 e. The molecule has 3 nitrogen and oxygen atoms in total. The van der Waals surface area contributed by atoms with Crippen LogP contribution < -0.4 is 10.1 Å². The van der Waals surface area contributed by atoms with Crippen molar-refractivity contribution in [2.75, 3.05) is 19.4 Å². The highest BCUT2D eigenvalue weighted by molar-refractivity contribution is 7.84. The fourth-order valence-electron chi connectivity index (χ4n) is 2.35. The Hall–Kier alpha value is -0.870. The van der Waals surface area contributed by atoms with Gasteiger partial charge in [-0.1, -0.05) is 19.1 Å².